The number of carbonyl (C=O) groups excluding carboxylic acids is 2. The van der Waals surface area contributed by atoms with Crippen LogP contribution in [0, 0.1) is 0 Å². The zero-order chi connectivity index (χ0) is 43.8. The van der Waals surface area contributed by atoms with Crippen LogP contribution in [-0.4, -0.2) is 121 Å². The molecule has 3 aliphatic rings. The van der Waals surface area contributed by atoms with Crippen LogP contribution in [0.1, 0.15) is 119 Å². The molecule has 1 fully saturated rings. The minimum absolute atomic E-state index is 0. The Morgan fingerprint density at radius 3 is 1.59 bits per heavy atom. The monoisotopic (exact) mass is 886 g/mol. The lowest BCUT2D eigenvalue weighted by Crippen LogP contribution is -2.41. The minimum atomic E-state index is -0.993. The molecule has 5 rings (SSSR count). The number of rotatable bonds is 6. The summed E-state index contributed by atoms with van der Waals surface area (Å²) in [7, 11) is -0.314. The minimum Gasteiger partial charge on any atom is -0.444 e. The van der Waals surface area contributed by atoms with Crippen LogP contribution < -0.4 is 0 Å². The van der Waals surface area contributed by atoms with Crippen molar-refractivity contribution in [2.75, 3.05) is 39.4 Å². The number of halogens is 3. The molecule has 0 radical (unpaired) electrons. The molecule has 0 unspecified atom stereocenters. The summed E-state index contributed by atoms with van der Waals surface area (Å²) >= 11 is 17.4. The Hall–Kier alpha value is -2.99. The first-order chi connectivity index (χ1) is 26.8. The standard InChI is InChI=1S/C17H23ClN2O4.C16H28BNO4.C7H7Cl2NO2.CH4/c1-17(2,3)24-16(23)20-6-4-11(5-7-20)15-13(18)8-12(9-19-15)14(22)10-21;1-14(2,3)20-13(19)18-10-8-12(9-11-18)17-21-15(4,5)16(6,7)22-17;8-5-1-4(6(12)3-11)2-10-7(5)9;/h4,8-9,14,21-22H,5-7,10H2,1-3H3;8H,9-11H2,1-7H3;1-2,6,11-12H,3H2;1H4/t14-;;6-;/m1.1./s1. The lowest BCUT2D eigenvalue weighted by molar-refractivity contribution is 0.00578. The molecule has 3 aliphatic heterocycles. The van der Waals surface area contributed by atoms with Crippen LogP contribution in [-0.2, 0) is 18.8 Å². The molecule has 5 heterocycles. The molecule has 2 aromatic heterocycles. The van der Waals surface area contributed by atoms with Gasteiger partial charge in [0.25, 0.3) is 0 Å². The van der Waals surface area contributed by atoms with E-state index in [1.807, 2.05) is 81.4 Å². The predicted molar refractivity (Wildman–Crippen MR) is 231 cm³/mol. The summed E-state index contributed by atoms with van der Waals surface area (Å²) in [5.74, 6) is 0. The quantitative estimate of drug-likeness (QED) is 0.162. The number of aromatic nitrogens is 2. The Bertz CT molecular complexity index is 1780. The van der Waals surface area contributed by atoms with Crippen molar-refractivity contribution in [3.05, 3.63) is 74.2 Å². The predicted octanol–water partition coefficient (Wildman–Crippen LogP) is 8.02. The van der Waals surface area contributed by atoms with Gasteiger partial charge in [-0.05, 0) is 105 Å². The fourth-order valence-electron chi connectivity index (χ4n) is 5.46. The molecule has 0 aliphatic carbocycles. The van der Waals surface area contributed by atoms with Gasteiger partial charge in [0.2, 0.25) is 0 Å². The first-order valence-electron chi connectivity index (χ1n) is 19.0. The maximum absolute atomic E-state index is 12.1. The molecule has 0 bridgehead atoms. The van der Waals surface area contributed by atoms with Gasteiger partial charge in [0.15, 0.2) is 0 Å². The second-order valence-corrected chi connectivity index (χ2v) is 18.2. The summed E-state index contributed by atoms with van der Waals surface area (Å²) in [6.45, 7) is 20.7. The van der Waals surface area contributed by atoms with E-state index in [2.05, 4.69) is 9.97 Å². The number of hydrogen-bond acceptors (Lipinski definition) is 12. The van der Waals surface area contributed by atoms with Crippen LogP contribution in [0.15, 0.2) is 42.2 Å². The van der Waals surface area contributed by atoms with Crippen LogP contribution in [0.3, 0.4) is 0 Å². The smallest absolute Gasteiger partial charge is 0.444 e. The molecule has 4 N–H and O–H groups in total. The highest BCUT2D eigenvalue weighted by atomic mass is 35.5. The van der Waals surface area contributed by atoms with E-state index in [1.54, 1.807) is 15.9 Å². The number of nitrogens with zero attached hydrogens (tertiary/aromatic N) is 4. The van der Waals surface area contributed by atoms with Gasteiger partial charge in [0, 0.05) is 49.7 Å². The third-order valence-electron chi connectivity index (χ3n) is 9.41. The van der Waals surface area contributed by atoms with Gasteiger partial charge in [0.1, 0.15) is 28.6 Å². The number of pyridine rings is 2. The molecular formula is C41H62BCl3N4O10. The number of carbonyl (C=O) groups is 2. The molecule has 330 valence electrons. The summed E-state index contributed by atoms with van der Waals surface area (Å²) in [6, 6.07) is 3.07. The second kappa shape index (κ2) is 21.7. The summed E-state index contributed by atoms with van der Waals surface area (Å²) in [5.41, 5.74) is 1.96. The van der Waals surface area contributed by atoms with Crippen molar-refractivity contribution in [2.24, 2.45) is 0 Å². The summed E-state index contributed by atoms with van der Waals surface area (Å²) in [6.07, 6.45) is 5.62. The van der Waals surface area contributed by atoms with Crippen molar-refractivity contribution in [3.8, 4) is 0 Å². The van der Waals surface area contributed by atoms with E-state index < -0.39 is 23.4 Å². The van der Waals surface area contributed by atoms with E-state index in [4.69, 9.17) is 68.9 Å². The number of aliphatic hydroxyl groups is 4. The largest absolute Gasteiger partial charge is 0.490 e. The van der Waals surface area contributed by atoms with Gasteiger partial charge in [-0.3, -0.25) is 4.98 Å². The van der Waals surface area contributed by atoms with Crippen molar-refractivity contribution in [1.29, 1.82) is 0 Å². The first-order valence-corrected chi connectivity index (χ1v) is 20.1. The second-order valence-electron chi connectivity index (χ2n) is 17.0. The maximum Gasteiger partial charge on any atom is 0.490 e. The Labute approximate surface area is 364 Å². The number of amides is 2. The van der Waals surface area contributed by atoms with Gasteiger partial charge in [-0.1, -0.05) is 54.4 Å². The first kappa shape index (κ1) is 52.2. The Morgan fingerprint density at radius 1 is 0.780 bits per heavy atom. The zero-order valence-electron chi connectivity index (χ0n) is 35.0. The molecule has 18 heteroatoms. The van der Waals surface area contributed by atoms with Crippen LogP contribution in [0.25, 0.3) is 5.57 Å². The van der Waals surface area contributed by atoms with Gasteiger partial charge in [-0.25, -0.2) is 14.6 Å². The third kappa shape index (κ3) is 15.5. The van der Waals surface area contributed by atoms with E-state index >= 15 is 0 Å². The van der Waals surface area contributed by atoms with Crippen molar-refractivity contribution < 1.29 is 48.8 Å². The zero-order valence-corrected chi connectivity index (χ0v) is 37.3. The highest BCUT2D eigenvalue weighted by molar-refractivity contribution is 6.54. The lowest BCUT2D eigenvalue weighted by Gasteiger charge is -2.32. The maximum atomic E-state index is 12.1. The average Bonchev–Trinajstić information content (AvgIpc) is 3.37. The molecule has 0 saturated carbocycles. The van der Waals surface area contributed by atoms with Gasteiger partial charge in [0.05, 0.1) is 40.2 Å². The number of aliphatic hydroxyl groups excluding tert-OH is 4. The normalized spacial score (nSPS) is 18.4. The highest BCUT2D eigenvalue weighted by Gasteiger charge is 2.52. The summed E-state index contributed by atoms with van der Waals surface area (Å²) < 4.78 is 22.9. The Balaban J connectivity index is 0.000000318. The highest BCUT2D eigenvalue weighted by Crippen LogP contribution is 2.39. The van der Waals surface area contributed by atoms with Crippen molar-refractivity contribution in [2.45, 2.75) is 124 Å². The fraction of sp³-hybridized carbons (Fsp3) is 0.610. The number of ether oxygens (including phenoxy) is 2. The average molecular weight is 888 g/mol. The SMILES string of the molecule is C.CC(C)(C)OC(=O)N1CC=C(B2OC(C)(C)C(C)(C)O2)CC1.CC(C)(C)OC(=O)N1CC=C(c2ncc([C@H](O)CO)cc2Cl)CC1.OC[C@@H](O)c1cnc(Cl)c(Cl)c1. The van der Waals surface area contributed by atoms with Crippen molar-refractivity contribution in [3.63, 3.8) is 0 Å². The molecule has 2 aromatic rings. The van der Waals surface area contributed by atoms with E-state index in [9.17, 15) is 14.7 Å². The number of hydrogen-bond donors (Lipinski definition) is 4. The van der Waals surface area contributed by atoms with Crippen LogP contribution in [0.5, 0.6) is 0 Å². The third-order valence-corrected chi connectivity index (χ3v) is 10.4. The van der Waals surface area contributed by atoms with Crippen molar-refractivity contribution in [1.82, 2.24) is 19.8 Å². The van der Waals surface area contributed by atoms with Crippen LogP contribution in [0.4, 0.5) is 9.59 Å². The Kier molecular flexibility index (Phi) is 19.2. The summed E-state index contributed by atoms with van der Waals surface area (Å²) in [4.78, 5) is 35.5. The van der Waals surface area contributed by atoms with Crippen LogP contribution in [0.2, 0.25) is 15.2 Å². The van der Waals surface area contributed by atoms with Crippen molar-refractivity contribution >= 4 is 59.7 Å². The molecule has 0 spiro atoms. The van der Waals surface area contributed by atoms with Gasteiger partial charge in [-0.2, -0.15) is 0 Å². The van der Waals surface area contributed by atoms with Gasteiger partial charge >= 0.3 is 19.3 Å². The Morgan fingerprint density at radius 2 is 1.22 bits per heavy atom. The molecule has 1 saturated heterocycles. The van der Waals surface area contributed by atoms with E-state index in [0.717, 1.165) is 17.5 Å². The molecule has 14 nitrogen and oxygen atoms in total. The molecular weight excluding hydrogens is 826 g/mol. The van der Waals surface area contributed by atoms with Gasteiger partial charge < -0.3 is 49.0 Å². The van der Waals surface area contributed by atoms with Gasteiger partial charge in [-0.15, -0.1) is 0 Å². The van der Waals surface area contributed by atoms with E-state index in [-0.39, 0.29) is 61.3 Å². The van der Waals surface area contributed by atoms with E-state index in [0.29, 0.717) is 54.4 Å². The summed E-state index contributed by atoms with van der Waals surface area (Å²) in [5, 5.41) is 37.2. The van der Waals surface area contributed by atoms with Crippen LogP contribution >= 0.6 is 34.8 Å². The van der Waals surface area contributed by atoms with E-state index in [1.165, 1.54) is 18.5 Å². The molecule has 59 heavy (non-hydrogen) atoms. The fourth-order valence-corrected chi connectivity index (χ4v) is 6.04. The lowest BCUT2D eigenvalue weighted by atomic mass is 9.75. The molecule has 0 aromatic carbocycles. The topological polar surface area (TPSA) is 184 Å². The molecule has 2 atom stereocenters. The molecule has 2 amide bonds.